The van der Waals surface area contributed by atoms with Crippen LogP contribution >= 0.6 is 23.2 Å². The molecule has 0 fully saturated rings. The summed E-state index contributed by atoms with van der Waals surface area (Å²) in [6, 6.07) is 7.95. The van der Waals surface area contributed by atoms with Gasteiger partial charge in [0.15, 0.2) is 0 Å². The van der Waals surface area contributed by atoms with E-state index in [1.165, 1.54) is 12.1 Å². The molecule has 7 heteroatoms. The Bertz CT molecular complexity index is 913. The Kier molecular flexibility index (Phi) is 3.85. The zero-order valence-corrected chi connectivity index (χ0v) is 14.5. The number of allylic oxidation sites excluding steroid dienone is 2. The zero-order valence-electron chi connectivity index (χ0n) is 12.9. The van der Waals surface area contributed by atoms with Gasteiger partial charge in [-0.2, -0.15) is 0 Å². The monoisotopic (exact) mass is 376 g/mol. The van der Waals surface area contributed by atoms with Gasteiger partial charge >= 0.3 is 0 Å². The average Bonchev–Trinajstić information content (AvgIpc) is 3.04. The minimum Gasteiger partial charge on any atom is -0.506 e. The molecule has 0 bridgehead atoms. The summed E-state index contributed by atoms with van der Waals surface area (Å²) < 4.78 is 0. The molecule has 1 aliphatic heterocycles. The van der Waals surface area contributed by atoms with Crippen molar-refractivity contribution in [2.24, 2.45) is 5.92 Å². The molecule has 0 radical (unpaired) electrons. The van der Waals surface area contributed by atoms with Gasteiger partial charge in [0, 0.05) is 22.0 Å². The molecule has 25 heavy (non-hydrogen) atoms. The molecule has 3 unspecified atom stereocenters. The number of aromatic hydroxyl groups is 1. The number of fused-ring (bicyclic) bond motifs is 3. The Morgan fingerprint density at radius 2 is 2.00 bits per heavy atom. The number of nitrogens with one attached hydrogen (secondary N) is 1. The summed E-state index contributed by atoms with van der Waals surface area (Å²) in [6.07, 6.45) is 4.94. The van der Waals surface area contributed by atoms with Crippen molar-refractivity contribution >= 4 is 34.6 Å². The van der Waals surface area contributed by atoms with E-state index >= 15 is 0 Å². The molecule has 2 aromatic carbocycles. The van der Waals surface area contributed by atoms with E-state index in [1.54, 1.807) is 12.1 Å². The highest BCUT2D eigenvalue weighted by Crippen LogP contribution is 2.53. The first-order valence-corrected chi connectivity index (χ1v) is 8.60. The lowest BCUT2D eigenvalue weighted by Crippen LogP contribution is -2.29. The normalized spacial score (nSPS) is 23.7. The number of hydrogen-bond acceptors (Lipinski definition) is 4. The summed E-state index contributed by atoms with van der Waals surface area (Å²) >= 11 is 12.4. The molecular formula is C18H14Cl2N2O3. The third-order valence-corrected chi connectivity index (χ3v) is 5.50. The van der Waals surface area contributed by atoms with Crippen LogP contribution in [0.1, 0.15) is 29.5 Å². The zero-order chi connectivity index (χ0) is 17.7. The fourth-order valence-electron chi connectivity index (χ4n) is 3.83. The summed E-state index contributed by atoms with van der Waals surface area (Å²) in [5.74, 6) is 0.0180. The van der Waals surface area contributed by atoms with E-state index in [1.807, 2.05) is 12.1 Å². The fourth-order valence-corrected chi connectivity index (χ4v) is 4.36. The van der Waals surface area contributed by atoms with Gasteiger partial charge in [-0.1, -0.05) is 41.4 Å². The van der Waals surface area contributed by atoms with Crippen LogP contribution < -0.4 is 5.32 Å². The Hall–Kier alpha value is -2.24. The van der Waals surface area contributed by atoms with Gasteiger partial charge in [0.1, 0.15) is 5.75 Å². The number of nitro benzene ring substituents is 1. The maximum absolute atomic E-state index is 11.1. The molecule has 1 heterocycles. The van der Waals surface area contributed by atoms with Gasteiger partial charge in [-0.05, 0) is 35.6 Å². The summed E-state index contributed by atoms with van der Waals surface area (Å²) in [5, 5.41) is 25.9. The fraction of sp³-hybridized carbons (Fsp3) is 0.222. The van der Waals surface area contributed by atoms with Gasteiger partial charge in [-0.15, -0.1) is 0 Å². The van der Waals surface area contributed by atoms with Crippen LogP contribution in [0.2, 0.25) is 10.0 Å². The molecule has 0 amide bonds. The first kappa shape index (κ1) is 16.2. The second-order valence-corrected chi connectivity index (χ2v) is 7.17. The molecule has 0 saturated carbocycles. The molecule has 2 aliphatic rings. The third-order valence-electron chi connectivity index (χ3n) is 4.94. The van der Waals surface area contributed by atoms with Crippen molar-refractivity contribution in [3.8, 4) is 5.75 Å². The number of rotatable bonds is 2. The van der Waals surface area contributed by atoms with Crippen molar-refractivity contribution in [3.63, 3.8) is 0 Å². The topological polar surface area (TPSA) is 75.4 Å². The van der Waals surface area contributed by atoms with Crippen molar-refractivity contribution in [1.82, 2.24) is 0 Å². The van der Waals surface area contributed by atoms with Gasteiger partial charge in [-0.25, -0.2) is 0 Å². The lowest BCUT2D eigenvalue weighted by molar-refractivity contribution is -0.385. The van der Waals surface area contributed by atoms with Crippen LogP contribution in [0.15, 0.2) is 42.5 Å². The average molecular weight is 377 g/mol. The number of hydrogen-bond donors (Lipinski definition) is 2. The number of benzene rings is 2. The van der Waals surface area contributed by atoms with Crippen molar-refractivity contribution in [1.29, 1.82) is 0 Å². The summed E-state index contributed by atoms with van der Waals surface area (Å²) in [6.45, 7) is 0. The van der Waals surface area contributed by atoms with Gasteiger partial charge in [0.05, 0.1) is 22.7 Å². The predicted octanol–water partition coefficient (Wildman–Crippen LogP) is 5.43. The highest BCUT2D eigenvalue weighted by Gasteiger charge is 2.40. The standard InChI is InChI=1S/C18H14Cl2N2O3/c19-9-4-5-13(15(20)6-9)17-12-3-1-2-11(12)14-7-10(22(24)25)8-16(23)18(14)21-17/h1-2,4-8,11-12,17,21,23H,3H2. The number of nitrogens with zero attached hydrogens (tertiary/aromatic N) is 1. The smallest absolute Gasteiger partial charge is 0.273 e. The van der Waals surface area contributed by atoms with Crippen molar-refractivity contribution in [2.45, 2.75) is 18.4 Å². The SMILES string of the molecule is O=[N+]([O-])c1cc(O)c2c(c1)C1C=CCC1C(c1ccc(Cl)cc1Cl)N2. The summed E-state index contributed by atoms with van der Waals surface area (Å²) in [4.78, 5) is 10.6. The molecule has 5 nitrogen and oxygen atoms in total. The minimum atomic E-state index is -0.490. The van der Waals surface area contributed by atoms with Crippen LogP contribution in [0, 0.1) is 16.0 Å². The predicted molar refractivity (Wildman–Crippen MR) is 97.6 cm³/mol. The second kappa shape index (κ2) is 5.93. The Morgan fingerprint density at radius 1 is 1.20 bits per heavy atom. The third kappa shape index (κ3) is 2.64. The van der Waals surface area contributed by atoms with Crippen molar-refractivity contribution < 1.29 is 10.0 Å². The first-order chi connectivity index (χ1) is 12.0. The summed E-state index contributed by atoms with van der Waals surface area (Å²) in [5.41, 5.74) is 2.05. The maximum atomic E-state index is 11.1. The number of phenolic OH excluding ortho intramolecular Hbond substituents is 1. The van der Waals surface area contributed by atoms with Crippen LogP contribution in [0.25, 0.3) is 0 Å². The van der Waals surface area contributed by atoms with E-state index in [2.05, 4.69) is 11.4 Å². The molecule has 2 aromatic rings. The van der Waals surface area contributed by atoms with Crippen LogP contribution in [-0.2, 0) is 0 Å². The van der Waals surface area contributed by atoms with Crippen molar-refractivity contribution in [2.75, 3.05) is 5.32 Å². The van der Waals surface area contributed by atoms with E-state index in [0.717, 1.165) is 17.5 Å². The molecule has 0 saturated heterocycles. The molecule has 128 valence electrons. The van der Waals surface area contributed by atoms with E-state index < -0.39 is 4.92 Å². The number of anilines is 1. The lowest BCUT2D eigenvalue weighted by atomic mass is 9.76. The van der Waals surface area contributed by atoms with E-state index in [-0.39, 0.29) is 29.3 Å². The van der Waals surface area contributed by atoms with E-state index in [9.17, 15) is 15.2 Å². The van der Waals surface area contributed by atoms with Gasteiger partial charge in [0.25, 0.3) is 5.69 Å². The van der Waals surface area contributed by atoms with E-state index in [4.69, 9.17) is 23.2 Å². The molecule has 1 aliphatic carbocycles. The van der Waals surface area contributed by atoms with E-state index in [0.29, 0.717) is 15.7 Å². The number of nitro groups is 1. The molecule has 3 atom stereocenters. The summed E-state index contributed by atoms with van der Waals surface area (Å²) in [7, 11) is 0. The Labute approximate surface area is 154 Å². The first-order valence-electron chi connectivity index (χ1n) is 7.85. The minimum absolute atomic E-state index is 0.0150. The highest BCUT2D eigenvalue weighted by atomic mass is 35.5. The molecular weight excluding hydrogens is 363 g/mol. The largest absolute Gasteiger partial charge is 0.506 e. The molecule has 0 aromatic heterocycles. The Morgan fingerprint density at radius 3 is 2.72 bits per heavy atom. The van der Waals surface area contributed by atoms with Crippen molar-refractivity contribution in [3.05, 3.63) is 73.8 Å². The van der Waals surface area contributed by atoms with Gasteiger partial charge in [0.2, 0.25) is 0 Å². The van der Waals surface area contributed by atoms with Crippen LogP contribution in [-0.4, -0.2) is 10.0 Å². The number of phenols is 1. The number of halogens is 2. The second-order valence-electron chi connectivity index (χ2n) is 6.33. The van der Waals surface area contributed by atoms with Crippen LogP contribution in [0.3, 0.4) is 0 Å². The number of non-ortho nitro benzene ring substituents is 1. The lowest BCUT2D eigenvalue weighted by Gasteiger charge is -2.38. The highest BCUT2D eigenvalue weighted by molar-refractivity contribution is 6.35. The van der Waals surface area contributed by atoms with Gasteiger partial charge in [-0.3, -0.25) is 10.1 Å². The molecule has 4 rings (SSSR count). The van der Waals surface area contributed by atoms with Crippen LogP contribution in [0.5, 0.6) is 5.75 Å². The quantitative estimate of drug-likeness (QED) is 0.317. The maximum Gasteiger partial charge on any atom is 0.273 e. The molecule has 0 spiro atoms. The molecule has 2 N–H and O–H groups in total. The van der Waals surface area contributed by atoms with Crippen LogP contribution in [0.4, 0.5) is 11.4 Å². The Balaban J connectivity index is 1.84. The van der Waals surface area contributed by atoms with Gasteiger partial charge < -0.3 is 10.4 Å².